The molecule has 32 heavy (non-hydrogen) atoms. The van der Waals surface area contributed by atoms with Crippen LogP contribution in [0.2, 0.25) is 0 Å². The number of Topliss-reactive ketones (excluding diaryl/α,β-unsaturated/α-hetero) is 1. The van der Waals surface area contributed by atoms with Crippen LogP contribution < -0.4 is 9.62 Å². The highest BCUT2D eigenvalue weighted by Crippen LogP contribution is 2.27. The summed E-state index contributed by atoms with van der Waals surface area (Å²) in [4.78, 5) is 19.9. The Morgan fingerprint density at radius 3 is 2.56 bits per heavy atom. The molecule has 0 amide bonds. The number of anilines is 2. The van der Waals surface area contributed by atoms with E-state index in [-0.39, 0.29) is 11.5 Å². The molecule has 0 aliphatic carbocycles. The number of nitrogens with zero attached hydrogens (tertiary/aromatic N) is 2. The second-order valence-electron chi connectivity index (χ2n) is 8.47. The molecule has 1 aliphatic rings. The van der Waals surface area contributed by atoms with E-state index in [1.807, 2.05) is 19.1 Å². The molecule has 0 saturated carbocycles. The number of nitrogens with one attached hydrogen (secondary N) is 1. The average Bonchev–Trinajstić information content (AvgIpc) is 2.73. The fraction of sp³-hybridized carbons (Fsp3) is 0.417. The fourth-order valence-corrected chi connectivity index (χ4v) is 4.38. The van der Waals surface area contributed by atoms with E-state index < -0.39 is 21.8 Å². The molecule has 0 spiro atoms. The van der Waals surface area contributed by atoms with Crippen LogP contribution in [0.3, 0.4) is 0 Å². The number of pyridine rings is 1. The average molecular weight is 460 g/mol. The minimum atomic E-state index is -3.58. The van der Waals surface area contributed by atoms with Gasteiger partial charge in [-0.3, -0.25) is 9.52 Å². The minimum Gasteiger partial charge on any atom is -0.356 e. The minimum absolute atomic E-state index is 0.00762. The molecular formula is C24H30FN3O3S. The van der Waals surface area contributed by atoms with E-state index in [0.29, 0.717) is 18.4 Å². The van der Waals surface area contributed by atoms with E-state index in [9.17, 15) is 17.6 Å². The van der Waals surface area contributed by atoms with Crippen molar-refractivity contribution in [1.29, 1.82) is 0 Å². The molecule has 172 valence electrons. The number of carbonyl (C=O) groups excluding carboxylic acids is 1. The highest BCUT2D eigenvalue weighted by Gasteiger charge is 2.21. The maximum absolute atomic E-state index is 14.3. The van der Waals surface area contributed by atoms with Crippen molar-refractivity contribution in [3.8, 4) is 0 Å². The molecule has 8 heteroatoms. The maximum Gasteiger partial charge on any atom is 0.229 e. The number of halogens is 1. The SMILES string of the molecule is C=C1CCN(c2nc(C)ccc2CCC(=O)C(C)c2ccc(NS(C)(=O)=O)c(F)c2)CC1. The van der Waals surface area contributed by atoms with Gasteiger partial charge in [-0.25, -0.2) is 17.8 Å². The predicted octanol–water partition coefficient (Wildman–Crippen LogP) is 4.36. The third kappa shape index (κ3) is 6.16. The quantitative estimate of drug-likeness (QED) is 0.594. The van der Waals surface area contributed by atoms with E-state index in [1.165, 1.54) is 17.7 Å². The van der Waals surface area contributed by atoms with E-state index in [1.54, 1.807) is 13.0 Å². The summed E-state index contributed by atoms with van der Waals surface area (Å²) in [5.41, 5.74) is 3.61. The third-order valence-electron chi connectivity index (χ3n) is 5.78. The lowest BCUT2D eigenvalue weighted by atomic mass is 9.92. The van der Waals surface area contributed by atoms with Gasteiger partial charge < -0.3 is 4.90 Å². The zero-order valence-corrected chi connectivity index (χ0v) is 19.6. The number of benzene rings is 1. The number of ketones is 1. The van der Waals surface area contributed by atoms with Gasteiger partial charge in [0.25, 0.3) is 0 Å². The van der Waals surface area contributed by atoms with Crippen LogP contribution in [-0.4, -0.2) is 38.5 Å². The van der Waals surface area contributed by atoms with Crippen LogP contribution in [0.1, 0.15) is 48.9 Å². The molecule has 1 aliphatic heterocycles. The number of hydrogen-bond donors (Lipinski definition) is 1. The maximum atomic E-state index is 14.3. The Hall–Kier alpha value is -2.74. The van der Waals surface area contributed by atoms with Gasteiger partial charge in [-0.15, -0.1) is 0 Å². The van der Waals surface area contributed by atoms with Gasteiger partial charge in [0.05, 0.1) is 11.9 Å². The zero-order chi connectivity index (χ0) is 23.5. The Morgan fingerprint density at radius 2 is 1.94 bits per heavy atom. The number of aryl methyl sites for hydroxylation is 2. The van der Waals surface area contributed by atoms with Gasteiger partial charge in [0, 0.05) is 31.1 Å². The number of aromatic nitrogens is 1. The lowest BCUT2D eigenvalue weighted by molar-refractivity contribution is -0.120. The van der Waals surface area contributed by atoms with Crippen molar-refractivity contribution in [3.05, 3.63) is 65.1 Å². The molecule has 1 aromatic heterocycles. The predicted molar refractivity (Wildman–Crippen MR) is 126 cm³/mol. The molecule has 1 atom stereocenters. The van der Waals surface area contributed by atoms with Gasteiger partial charge in [-0.2, -0.15) is 0 Å². The van der Waals surface area contributed by atoms with Crippen molar-refractivity contribution >= 4 is 27.3 Å². The topological polar surface area (TPSA) is 79.4 Å². The first kappa shape index (κ1) is 23.9. The molecule has 2 heterocycles. The smallest absolute Gasteiger partial charge is 0.229 e. The molecule has 1 aromatic carbocycles. The van der Waals surface area contributed by atoms with Crippen molar-refractivity contribution < 1.29 is 17.6 Å². The lowest BCUT2D eigenvalue weighted by Crippen LogP contribution is -2.32. The number of hydrogen-bond acceptors (Lipinski definition) is 5. The molecule has 0 bridgehead atoms. The van der Waals surface area contributed by atoms with Crippen LogP contribution in [0.5, 0.6) is 0 Å². The van der Waals surface area contributed by atoms with E-state index in [2.05, 4.69) is 16.2 Å². The number of sulfonamides is 1. The summed E-state index contributed by atoms with van der Waals surface area (Å²) in [6, 6.07) is 8.14. The standard InChI is InChI=1S/C24H30FN3O3S/c1-16-11-13-28(14-12-16)24-19(6-5-17(2)26-24)8-10-23(29)18(3)20-7-9-22(21(25)15-20)27-32(4,30)31/h5-7,9,15,18,27H,1,8,10-14H2,2-4H3. The second kappa shape index (κ2) is 9.81. The van der Waals surface area contributed by atoms with Crippen molar-refractivity contribution in [2.75, 3.05) is 29.0 Å². The van der Waals surface area contributed by atoms with Gasteiger partial charge in [0.2, 0.25) is 10.0 Å². The van der Waals surface area contributed by atoms with Crippen LogP contribution in [-0.2, 0) is 21.2 Å². The summed E-state index contributed by atoms with van der Waals surface area (Å²) in [6.07, 6.45) is 3.71. The summed E-state index contributed by atoms with van der Waals surface area (Å²) in [7, 11) is -3.58. The summed E-state index contributed by atoms with van der Waals surface area (Å²) >= 11 is 0. The van der Waals surface area contributed by atoms with E-state index in [0.717, 1.165) is 49.3 Å². The first-order valence-corrected chi connectivity index (χ1v) is 12.6. The summed E-state index contributed by atoms with van der Waals surface area (Å²) in [5, 5.41) is 0. The first-order valence-electron chi connectivity index (χ1n) is 10.7. The largest absolute Gasteiger partial charge is 0.356 e. The van der Waals surface area contributed by atoms with Crippen LogP contribution in [0, 0.1) is 12.7 Å². The van der Waals surface area contributed by atoms with Crippen LogP contribution >= 0.6 is 0 Å². The number of rotatable bonds is 8. The van der Waals surface area contributed by atoms with Crippen LogP contribution in [0.25, 0.3) is 0 Å². The summed E-state index contributed by atoms with van der Waals surface area (Å²) in [6.45, 7) is 9.52. The number of piperidine rings is 1. The van der Waals surface area contributed by atoms with E-state index >= 15 is 0 Å². The number of carbonyl (C=O) groups is 1. The van der Waals surface area contributed by atoms with Gasteiger partial charge in [0.15, 0.2) is 0 Å². The van der Waals surface area contributed by atoms with Crippen LogP contribution in [0.4, 0.5) is 15.9 Å². The molecule has 3 rings (SSSR count). The zero-order valence-electron chi connectivity index (χ0n) is 18.8. The van der Waals surface area contributed by atoms with Crippen molar-refractivity contribution in [2.24, 2.45) is 0 Å². The molecular weight excluding hydrogens is 429 g/mol. The van der Waals surface area contributed by atoms with Gasteiger partial charge >= 0.3 is 0 Å². The fourth-order valence-electron chi connectivity index (χ4n) is 3.82. The van der Waals surface area contributed by atoms with Crippen molar-refractivity contribution in [2.45, 2.75) is 45.4 Å². The van der Waals surface area contributed by atoms with Gasteiger partial charge in [-0.05, 0) is 55.5 Å². The third-order valence-corrected chi connectivity index (χ3v) is 6.37. The van der Waals surface area contributed by atoms with E-state index in [4.69, 9.17) is 4.98 Å². The monoisotopic (exact) mass is 459 g/mol. The molecule has 0 radical (unpaired) electrons. The van der Waals surface area contributed by atoms with Crippen LogP contribution in [0.15, 0.2) is 42.5 Å². The lowest BCUT2D eigenvalue weighted by Gasteiger charge is -2.31. The normalized spacial score (nSPS) is 15.5. The Morgan fingerprint density at radius 1 is 1.25 bits per heavy atom. The molecule has 2 aromatic rings. The van der Waals surface area contributed by atoms with Gasteiger partial charge in [0.1, 0.15) is 17.4 Å². The Bertz CT molecular complexity index is 1120. The molecule has 1 N–H and O–H groups in total. The highest BCUT2D eigenvalue weighted by molar-refractivity contribution is 7.92. The molecule has 6 nitrogen and oxygen atoms in total. The summed E-state index contributed by atoms with van der Waals surface area (Å²) in [5.74, 6) is -0.284. The Kier molecular flexibility index (Phi) is 7.33. The highest BCUT2D eigenvalue weighted by atomic mass is 32.2. The van der Waals surface area contributed by atoms with Gasteiger partial charge in [-0.1, -0.05) is 31.2 Å². The second-order valence-corrected chi connectivity index (χ2v) is 10.2. The molecule has 1 saturated heterocycles. The Labute approximate surface area is 189 Å². The van der Waals surface area contributed by atoms with Crippen molar-refractivity contribution in [3.63, 3.8) is 0 Å². The molecule has 1 fully saturated rings. The Balaban J connectivity index is 1.69. The summed E-state index contributed by atoms with van der Waals surface area (Å²) < 4.78 is 39.1. The van der Waals surface area contributed by atoms with Crippen molar-refractivity contribution in [1.82, 2.24) is 4.98 Å². The first-order chi connectivity index (χ1) is 15.0. The molecule has 1 unspecified atom stereocenters.